The normalized spacial score (nSPS) is 10.0. The second kappa shape index (κ2) is 6.41. The van der Waals surface area contributed by atoms with E-state index in [0.29, 0.717) is 21.8 Å². The highest BCUT2D eigenvalue weighted by atomic mass is 35.5. The summed E-state index contributed by atoms with van der Waals surface area (Å²) in [6.07, 6.45) is 0. The first-order valence-electron chi connectivity index (χ1n) is 6.36. The van der Waals surface area contributed by atoms with Gasteiger partial charge in [0.2, 0.25) is 0 Å². The molecule has 0 bridgehead atoms. The third kappa shape index (κ3) is 3.61. The summed E-state index contributed by atoms with van der Waals surface area (Å²) in [5.74, 6) is -0.432. The molecule has 0 aliphatic heterocycles. The molecule has 0 aromatic heterocycles. The summed E-state index contributed by atoms with van der Waals surface area (Å²) >= 11 is 5.99. The number of rotatable bonds is 3. The summed E-state index contributed by atoms with van der Waals surface area (Å²) in [5, 5.41) is 3.12. The zero-order valence-electron chi connectivity index (χ0n) is 11.8. The van der Waals surface area contributed by atoms with Crippen molar-refractivity contribution in [3.8, 4) is 0 Å². The van der Waals surface area contributed by atoms with E-state index in [1.165, 1.54) is 4.90 Å². The summed E-state index contributed by atoms with van der Waals surface area (Å²) in [6.45, 7) is 0. The zero-order valence-corrected chi connectivity index (χ0v) is 12.5. The highest BCUT2D eigenvalue weighted by Gasteiger charge is 2.12. The molecule has 0 radical (unpaired) electrons. The first kappa shape index (κ1) is 15.1. The van der Waals surface area contributed by atoms with E-state index in [0.717, 1.165) is 0 Å². The fourth-order valence-electron chi connectivity index (χ4n) is 1.83. The Bertz CT molecular complexity index is 683. The average molecular weight is 303 g/mol. The molecule has 0 unspecified atom stereocenters. The van der Waals surface area contributed by atoms with Crippen LogP contribution in [0.2, 0.25) is 5.02 Å². The van der Waals surface area contributed by atoms with Crippen LogP contribution >= 0.6 is 11.6 Å². The predicted octanol–water partition coefficient (Wildman–Crippen LogP) is 3.29. The number of halogens is 1. The molecule has 2 rings (SSSR count). The van der Waals surface area contributed by atoms with Gasteiger partial charge in [-0.3, -0.25) is 9.59 Å². The molecule has 1 N–H and O–H groups in total. The number of amides is 2. The predicted molar refractivity (Wildman–Crippen MR) is 83.9 cm³/mol. The summed E-state index contributed by atoms with van der Waals surface area (Å²) in [7, 11) is 3.36. The van der Waals surface area contributed by atoms with Gasteiger partial charge in [0.1, 0.15) is 0 Å². The molecule has 0 aliphatic rings. The fourth-order valence-corrected chi connectivity index (χ4v) is 2.05. The molecule has 21 heavy (non-hydrogen) atoms. The van der Waals surface area contributed by atoms with Crippen LogP contribution in [0.5, 0.6) is 0 Å². The van der Waals surface area contributed by atoms with Crippen LogP contribution in [0.3, 0.4) is 0 Å². The van der Waals surface area contributed by atoms with Gasteiger partial charge in [0, 0.05) is 25.3 Å². The van der Waals surface area contributed by atoms with Crippen LogP contribution in [0.1, 0.15) is 20.7 Å². The molecule has 5 heteroatoms. The molecule has 2 aromatic rings. The quantitative estimate of drug-likeness (QED) is 0.946. The van der Waals surface area contributed by atoms with Crippen molar-refractivity contribution in [1.82, 2.24) is 4.90 Å². The van der Waals surface area contributed by atoms with E-state index in [9.17, 15) is 9.59 Å². The maximum absolute atomic E-state index is 12.2. The van der Waals surface area contributed by atoms with E-state index < -0.39 is 0 Å². The molecule has 2 aromatic carbocycles. The van der Waals surface area contributed by atoms with Crippen molar-refractivity contribution in [3.05, 3.63) is 64.7 Å². The minimum absolute atomic E-state index is 0.121. The van der Waals surface area contributed by atoms with E-state index in [4.69, 9.17) is 11.6 Å². The van der Waals surface area contributed by atoms with Crippen molar-refractivity contribution in [3.63, 3.8) is 0 Å². The van der Waals surface area contributed by atoms with E-state index in [1.54, 1.807) is 62.6 Å². The van der Waals surface area contributed by atoms with Crippen molar-refractivity contribution in [2.45, 2.75) is 0 Å². The maximum Gasteiger partial charge on any atom is 0.257 e. The number of hydrogen-bond acceptors (Lipinski definition) is 2. The fraction of sp³-hybridized carbons (Fsp3) is 0.125. The van der Waals surface area contributed by atoms with Gasteiger partial charge in [-0.05, 0) is 30.3 Å². The molecule has 0 heterocycles. The second-order valence-electron chi connectivity index (χ2n) is 4.71. The molecule has 4 nitrogen and oxygen atoms in total. The highest BCUT2D eigenvalue weighted by Crippen LogP contribution is 2.18. The SMILES string of the molecule is CN(C)C(=O)c1cccc(NC(=O)c2ccccc2Cl)c1. The second-order valence-corrected chi connectivity index (χ2v) is 5.12. The Hall–Kier alpha value is -2.33. The minimum atomic E-state index is -0.310. The topological polar surface area (TPSA) is 49.4 Å². The Balaban J connectivity index is 2.21. The number of nitrogens with zero attached hydrogens (tertiary/aromatic N) is 1. The Morgan fingerprint density at radius 2 is 1.76 bits per heavy atom. The lowest BCUT2D eigenvalue weighted by atomic mass is 10.1. The van der Waals surface area contributed by atoms with E-state index >= 15 is 0 Å². The van der Waals surface area contributed by atoms with Gasteiger partial charge in [0.25, 0.3) is 11.8 Å². The maximum atomic E-state index is 12.2. The van der Waals surface area contributed by atoms with Gasteiger partial charge in [-0.1, -0.05) is 29.8 Å². The van der Waals surface area contributed by atoms with Crippen molar-refractivity contribution in [2.24, 2.45) is 0 Å². The van der Waals surface area contributed by atoms with Gasteiger partial charge in [-0.15, -0.1) is 0 Å². The van der Waals surface area contributed by atoms with Gasteiger partial charge in [-0.25, -0.2) is 0 Å². The van der Waals surface area contributed by atoms with Crippen LogP contribution < -0.4 is 5.32 Å². The molecule has 0 fully saturated rings. The molecule has 2 amide bonds. The van der Waals surface area contributed by atoms with Gasteiger partial charge >= 0.3 is 0 Å². The molecule has 0 atom stereocenters. The Morgan fingerprint density at radius 3 is 2.43 bits per heavy atom. The lowest BCUT2D eigenvalue weighted by Gasteiger charge is -2.12. The third-order valence-electron chi connectivity index (χ3n) is 2.89. The lowest BCUT2D eigenvalue weighted by molar-refractivity contribution is 0.0827. The van der Waals surface area contributed by atoms with Crippen LogP contribution in [0.4, 0.5) is 5.69 Å². The summed E-state index contributed by atoms with van der Waals surface area (Å²) in [4.78, 5) is 25.5. The Kier molecular flexibility index (Phi) is 4.60. The Labute approximate surface area is 128 Å². The molecule has 0 saturated heterocycles. The standard InChI is InChI=1S/C16H15ClN2O2/c1-19(2)16(21)11-6-5-7-12(10-11)18-15(20)13-8-3-4-9-14(13)17/h3-10H,1-2H3,(H,18,20). The average Bonchev–Trinajstić information content (AvgIpc) is 2.47. The van der Waals surface area contributed by atoms with Crippen LogP contribution in [-0.4, -0.2) is 30.8 Å². The van der Waals surface area contributed by atoms with Crippen LogP contribution in [-0.2, 0) is 0 Å². The number of anilines is 1. The first-order valence-corrected chi connectivity index (χ1v) is 6.74. The van der Waals surface area contributed by atoms with Crippen molar-refractivity contribution in [1.29, 1.82) is 0 Å². The van der Waals surface area contributed by atoms with Gasteiger partial charge < -0.3 is 10.2 Å². The largest absolute Gasteiger partial charge is 0.345 e. The summed E-state index contributed by atoms with van der Waals surface area (Å²) in [5.41, 5.74) is 1.45. The van der Waals surface area contributed by atoms with Crippen molar-refractivity contribution >= 4 is 29.1 Å². The summed E-state index contributed by atoms with van der Waals surface area (Å²) < 4.78 is 0. The minimum Gasteiger partial charge on any atom is -0.345 e. The highest BCUT2D eigenvalue weighted by molar-refractivity contribution is 6.34. The van der Waals surface area contributed by atoms with Crippen LogP contribution in [0, 0.1) is 0 Å². The van der Waals surface area contributed by atoms with Crippen molar-refractivity contribution < 1.29 is 9.59 Å². The number of hydrogen-bond donors (Lipinski definition) is 1. The molecule has 0 aliphatic carbocycles. The monoisotopic (exact) mass is 302 g/mol. The van der Waals surface area contributed by atoms with Crippen molar-refractivity contribution in [2.75, 3.05) is 19.4 Å². The molecular weight excluding hydrogens is 288 g/mol. The van der Waals surface area contributed by atoms with Gasteiger partial charge in [0.05, 0.1) is 10.6 Å². The van der Waals surface area contributed by atoms with E-state index in [1.807, 2.05) is 0 Å². The smallest absolute Gasteiger partial charge is 0.257 e. The summed E-state index contributed by atoms with van der Waals surface area (Å²) in [6, 6.07) is 13.6. The molecule has 0 saturated carbocycles. The number of nitrogens with one attached hydrogen (secondary N) is 1. The van der Waals surface area contributed by atoms with E-state index in [2.05, 4.69) is 5.32 Å². The molecule has 0 spiro atoms. The Morgan fingerprint density at radius 1 is 1.05 bits per heavy atom. The van der Waals surface area contributed by atoms with Crippen LogP contribution in [0.15, 0.2) is 48.5 Å². The van der Waals surface area contributed by atoms with Gasteiger partial charge in [-0.2, -0.15) is 0 Å². The third-order valence-corrected chi connectivity index (χ3v) is 3.22. The molecule has 108 valence electrons. The molecular formula is C16H15ClN2O2. The van der Waals surface area contributed by atoms with E-state index in [-0.39, 0.29) is 11.8 Å². The number of carbonyl (C=O) groups excluding carboxylic acids is 2. The number of carbonyl (C=O) groups is 2. The van der Waals surface area contributed by atoms with Crippen LogP contribution in [0.25, 0.3) is 0 Å². The van der Waals surface area contributed by atoms with Gasteiger partial charge in [0.15, 0.2) is 0 Å². The zero-order chi connectivity index (χ0) is 15.4. The first-order chi connectivity index (χ1) is 9.99. The number of benzene rings is 2. The lowest BCUT2D eigenvalue weighted by Crippen LogP contribution is -2.22.